The lowest BCUT2D eigenvalue weighted by molar-refractivity contribution is -0.138. The second kappa shape index (κ2) is 7.93. The molecule has 2 heterocycles. The third kappa shape index (κ3) is 4.08. The molecule has 1 saturated heterocycles. The van der Waals surface area contributed by atoms with Crippen molar-refractivity contribution < 1.29 is 18.0 Å². The number of nitrogens with zero attached hydrogens (tertiary/aromatic N) is 3. The van der Waals surface area contributed by atoms with Crippen LogP contribution in [0.4, 0.5) is 13.2 Å². The van der Waals surface area contributed by atoms with Crippen LogP contribution < -0.4 is 5.56 Å². The van der Waals surface area contributed by atoms with E-state index < -0.39 is 11.7 Å². The molecule has 0 aliphatic carbocycles. The van der Waals surface area contributed by atoms with Gasteiger partial charge in [0.25, 0.3) is 5.56 Å². The Morgan fingerprint density at radius 3 is 2.73 bits per heavy atom. The Morgan fingerprint density at radius 1 is 1.13 bits per heavy atom. The molecular weight excluding hydrogens is 395 g/mol. The number of para-hydroxylation sites is 1. The molecule has 1 atom stereocenters. The van der Waals surface area contributed by atoms with E-state index in [0.29, 0.717) is 36.0 Å². The smallest absolute Gasteiger partial charge is 0.340 e. The molecule has 1 amide bonds. The number of aromatic nitrogens is 2. The molecule has 0 spiro atoms. The molecule has 1 fully saturated rings. The van der Waals surface area contributed by atoms with Crippen LogP contribution in [0.5, 0.6) is 0 Å². The normalized spacial score (nSPS) is 17.3. The number of amides is 1. The molecule has 4 rings (SSSR count). The van der Waals surface area contributed by atoms with Crippen molar-refractivity contribution in [2.45, 2.75) is 31.5 Å². The predicted octanol–water partition coefficient (Wildman–Crippen LogP) is 3.82. The van der Waals surface area contributed by atoms with Gasteiger partial charge >= 0.3 is 6.18 Å². The summed E-state index contributed by atoms with van der Waals surface area (Å²) in [5.74, 6) is -0.249. The molecule has 0 bridgehead atoms. The van der Waals surface area contributed by atoms with Crippen LogP contribution >= 0.6 is 0 Å². The maximum atomic E-state index is 12.9. The first-order chi connectivity index (χ1) is 14.3. The lowest BCUT2D eigenvalue weighted by atomic mass is 10.0. The summed E-state index contributed by atoms with van der Waals surface area (Å²) in [6.45, 7) is 0.849. The highest BCUT2D eigenvalue weighted by atomic mass is 19.4. The van der Waals surface area contributed by atoms with Crippen LogP contribution in [-0.4, -0.2) is 33.4 Å². The highest BCUT2D eigenvalue weighted by Crippen LogP contribution is 2.30. The first kappa shape index (κ1) is 20.1. The molecular formula is C22H20F3N3O2. The standard InChI is InChI=1S/C22H20F3N3O2/c23-22(24,25)16-6-3-5-15(11-16)12-20(29)27-10-4-7-17(13-27)28-14-26-19-9-2-1-8-18(19)21(28)30/h1-3,5-6,8-9,11,14,17H,4,7,10,12-13H2/t17-/m0/s1. The van der Waals surface area contributed by atoms with Crippen molar-refractivity contribution >= 4 is 16.8 Å². The summed E-state index contributed by atoms with van der Waals surface area (Å²) in [5, 5.41) is 0.521. The average molecular weight is 415 g/mol. The molecule has 8 heteroatoms. The molecule has 30 heavy (non-hydrogen) atoms. The molecule has 5 nitrogen and oxygen atoms in total. The molecule has 1 aliphatic heterocycles. The Bertz CT molecular complexity index is 1140. The fourth-order valence-electron chi connectivity index (χ4n) is 3.90. The van der Waals surface area contributed by atoms with Gasteiger partial charge in [-0.15, -0.1) is 0 Å². The molecule has 1 aliphatic rings. The number of likely N-dealkylation sites (tertiary alicyclic amines) is 1. The van der Waals surface area contributed by atoms with E-state index in [4.69, 9.17) is 0 Å². The van der Waals surface area contributed by atoms with E-state index in [2.05, 4.69) is 4.98 Å². The van der Waals surface area contributed by atoms with E-state index in [1.807, 2.05) is 6.07 Å². The van der Waals surface area contributed by atoms with Crippen LogP contribution in [0.15, 0.2) is 59.7 Å². The Hall–Kier alpha value is -3.16. The van der Waals surface area contributed by atoms with Crippen molar-refractivity contribution in [3.05, 3.63) is 76.3 Å². The molecule has 0 radical (unpaired) electrons. The Kier molecular flexibility index (Phi) is 5.32. The van der Waals surface area contributed by atoms with Crippen molar-refractivity contribution in [2.24, 2.45) is 0 Å². The van der Waals surface area contributed by atoms with Gasteiger partial charge in [0.2, 0.25) is 5.91 Å². The van der Waals surface area contributed by atoms with Gasteiger partial charge in [0.15, 0.2) is 0 Å². The number of rotatable bonds is 3. The van der Waals surface area contributed by atoms with Crippen molar-refractivity contribution in [2.75, 3.05) is 13.1 Å². The lowest BCUT2D eigenvalue weighted by Gasteiger charge is -2.33. The van der Waals surface area contributed by atoms with Crippen molar-refractivity contribution in [3.8, 4) is 0 Å². The molecule has 2 aromatic carbocycles. The topological polar surface area (TPSA) is 55.2 Å². The molecule has 1 aromatic heterocycles. The summed E-state index contributed by atoms with van der Waals surface area (Å²) < 4.78 is 40.3. The average Bonchev–Trinajstić information content (AvgIpc) is 2.74. The minimum Gasteiger partial charge on any atom is -0.340 e. The highest BCUT2D eigenvalue weighted by molar-refractivity contribution is 5.79. The van der Waals surface area contributed by atoms with Gasteiger partial charge in [-0.3, -0.25) is 14.2 Å². The zero-order valence-corrected chi connectivity index (χ0v) is 16.1. The fourth-order valence-corrected chi connectivity index (χ4v) is 3.90. The van der Waals surface area contributed by atoms with E-state index in [1.165, 1.54) is 18.5 Å². The van der Waals surface area contributed by atoms with Gasteiger partial charge in [-0.1, -0.05) is 30.3 Å². The summed E-state index contributed by atoms with van der Waals surface area (Å²) in [4.78, 5) is 31.5. The van der Waals surface area contributed by atoms with E-state index >= 15 is 0 Å². The first-order valence-corrected chi connectivity index (χ1v) is 9.73. The molecule has 156 valence electrons. The third-order valence-electron chi connectivity index (χ3n) is 5.44. The monoisotopic (exact) mass is 415 g/mol. The van der Waals surface area contributed by atoms with Crippen LogP contribution in [0, 0.1) is 0 Å². The zero-order valence-electron chi connectivity index (χ0n) is 16.1. The van der Waals surface area contributed by atoms with Crippen LogP contribution in [0.25, 0.3) is 10.9 Å². The zero-order chi connectivity index (χ0) is 21.3. The number of halogens is 3. The number of alkyl halides is 3. The van der Waals surface area contributed by atoms with E-state index in [0.717, 1.165) is 18.6 Å². The number of hydrogen-bond donors (Lipinski definition) is 0. The number of benzene rings is 2. The number of fused-ring (bicyclic) bond motifs is 1. The Labute approximate surface area is 170 Å². The summed E-state index contributed by atoms with van der Waals surface area (Å²) >= 11 is 0. The second-order valence-electron chi connectivity index (χ2n) is 7.48. The van der Waals surface area contributed by atoms with Crippen molar-refractivity contribution in [1.29, 1.82) is 0 Å². The summed E-state index contributed by atoms with van der Waals surface area (Å²) in [6.07, 6.45) is -1.61. The maximum Gasteiger partial charge on any atom is 0.416 e. The molecule has 3 aromatic rings. The molecule has 0 N–H and O–H groups in total. The van der Waals surface area contributed by atoms with Gasteiger partial charge < -0.3 is 4.90 Å². The van der Waals surface area contributed by atoms with E-state index in [1.54, 1.807) is 27.7 Å². The summed E-state index contributed by atoms with van der Waals surface area (Å²) in [5.41, 5.74) is 0.0180. The quantitative estimate of drug-likeness (QED) is 0.654. The summed E-state index contributed by atoms with van der Waals surface area (Å²) in [7, 11) is 0. The minimum atomic E-state index is -4.44. The van der Waals surface area contributed by atoms with Gasteiger partial charge in [0.05, 0.1) is 35.3 Å². The largest absolute Gasteiger partial charge is 0.416 e. The van der Waals surface area contributed by atoms with E-state index in [-0.39, 0.29) is 23.9 Å². The summed E-state index contributed by atoms with van der Waals surface area (Å²) in [6, 6.07) is 11.7. The van der Waals surface area contributed by atoms with Gasteiger partial charge in [-0.25, -0.2) is 4.98 Å². The first-order valence-electron chi connectivity index (χ1n) is 9.73. The van der Waals surface area contributed by atoms with Gasteiger partial charge in [-0.2, -0.15) is 13.2 Å². The van der Waals surface area contributed by atoms with Gasteiger partial charge in [-0.05, 0) is 36.6 Å². The van der Waals surface area contributed by atoms with Crippen molar-refractivity contribution in [1.82, 2.24) is 14.5 Å². The van der Waals surface area contributed by atoms with Crippen LogP contribution in [0.1, 0.15) is 30.0 Å². The minimum absolute atomic E-state index is 0.110. The van der Waals surface area contributed by atoms with Gasteiger partial charge in [0.1, 0.15) is 0 Å². The molecule has 0 unspecified atom stereocenters. The number of carbonyl (C=O) groups excluding carboxylic acids is 1. The van der Waals surface area contributed by atoms with E-state index in [9.17, 15) is 22.8 Å². The number of carbonyl (C=O) groups is 1. The number of piperidine rings is 1. The number of hydrogen-bond acceptors (Lipinski definition) is 3. The maximum absolute atomic E-state index is 12.9. The van der Waals surface area contributed by atoms with Gasteiger partial charge in [0, 0.05) is 13.1 Å². The third-order valence-corrected chi connectivity index (χ3v) is 5.44. The van der Waals surface area contributed by atoms with Crippen molar-refractivity contribution in [3.63, 3.8) is 0 Å². The molecule has 0 saturated carbocycles. The second-order valence-corrected chi connectivity index (χ2v) is 7.48. The lowest BCUT2D eigenvalue weighted by Crippen LogP contribution is -2.43. The SMILES string of the molecule is O=C(Cc1cccc(C(F)(F)F)c1)N1CCC[C@H](n2cnc3ccccc3c2=O)C1. The fraction of sp³-hybridized carbons (Fsp3) is 0.318. The van der Waals surface area contributed by atoms with Crippen LogP contribution in [-0.2, 0) is 17.4 Å². The predicted molar refractivity (Wildman–Crippen MR) is 106 cm³/mol. The van der Waals surface area contributed by atoms with Crippen LogP contribution in [0.2, 0.25) is 0 Å². The Morgan fingerprint density at radius 2 is 1.93 bits per heavy atom. The Balaban J connectivity index is 1.51. The van der Waals surface area contributed by atoms with Crippen LogP contribution in [0.3, 0.4) is 0 Å². The highest BCUT2D eigenvalue weighted by Gasteiger charge is 2.31.